The Morgan fingerprint density at radius 2 is 2.14 bits per heavy atom. The van der Waals surface area contributed by atoms with Crippen LogP contribution in [0, 0.1) is 11.3 Å². The summed E-state index contributed by atoms with van der Waals surface area (Å²) in [6.07, 6.45) is 1.17. The number of nitriles is 1. The lowest BCUT2D eigenvalue weighted by Crippen LogP contribution is -2.21. The summed E-state index contributed by atoms with van der Waals surface area (Å²) in [4.78, 5) is 0. The molecule has 0 radical (unpaired) electrons. The highest BCUT2D eigenvalue weighted by molar-refractivity contribution is 5.48. The Labute approximate surface area is 83.7 Å². The molecule has 0 aromatic heterocycles. The van der Waals surface area contributed by atoms with Gasteiger partial charge in [-0.15, -0.1) is 0 Å². The van der Waals surface area contributed by atoms with E-state index >= 15 is 0 Å². The monoisotopic (exact) mass is 187 g/mol. The molecule has 1 atom stereocenters. The van der Waals surface area contributed by atoms with Gasteiger partial charge in [-0.2, -0.15) is 5.26 Å². The second kappa shape index (κ2) is 4.12. The Balaban J connectivity index is 1.99. The molecule has 1 aromatic rings. The van der Waals surface area contributed by atoms with Gasteiger partial charge < -0.3 is 10.6 Å². The minimum Gasteiger partial charge on any atom is -0.381 e. The maximum absolute atomic E-state index is 8.63. The van der Waals surface area contributed by atoms with Crippen molar-refractivity contribution in [1.29, 1.82) is 5.26 Å². The van der Waals surface area contributed by atoms with E-state index in [0.717, 1.165) is 18.8 Å². The molecule has 0 amide bonds. The number of nitrogens with zero attached hydrogens (tertiary/aromatic N) is 1. The number of hydrogen-bond acceptors (Lipinski definition) is 3. The molecule has 14 heavy (non-hydrogen) atoms. The van der Waals surface area contributed by atoms with E-state index in [1.54, 1.807) is 0 Å². The summed E-state index contributed by atoms with van der Waals surface area (Å²) < 4.78 is 0. The molecular formula is C11H13N3. The molecule has 1 saturated heterocycles. The van der Waals surface area contributed by atoms with Crippen molar-refractivity contribution >= 4 is 5.69 Å². The Morgan fingerprint density at radius 3 is 2.71 bits per heavy atom. The van der Waals surface area contributed by atoms with E-state index in [4.69, 9.17) is 5.26 Å². The quantitative estimate of drug-likeness (QED) is 0.734. The summed E-state index contributed by atoms with van der Waals surface area (Å²) in [6.45, 7) is 2.12. The predicted molar refractivity (Wildman–Crippen MR) is 56.1 cm³/mol. The number of anilines is 1. The first-order valence-electron chi connectivity index (χ1n) is 4.86. The van der Waals surface area contributed by atoms with Crippen molar-refractivity contribution in [2.75, 3.05) is 18.4 Å². The van der Waals surface area contributed by atoms with Crippen molar-refractivity contribution in [1.82, 2.24) is 5.32 Å². The average molecular weight is 187 g/mol. The molecule has 3 heteroatoms. The Bertz CT molecular complexity index is 331. The zero-order valence-electron chi connectivity index (χ0n) is 7.96. The van der Waals surface area contributed by atoms with Crippen molar-refractivity contribution < 1.29 is 0 Å². The molecular weight excluding hydrogens is 174 g/mol. The molecule has 0 aliphatic carbocycles. The fraction of sp³-hybridized carbons (Fsp3) is 0.364. The minimum atomic E-state index is 0.530. The van der Waals surface area contributed by atoms with Crippen molar-refractivity contribution in [2.45, 2.75) is 12.5 Å². The van der Waals surface area contributed by atoms with Gasteiger partial charge in [0.1, 0.15) is 0 Å². The third-order valence-electron chi connectivity index (χ3n) is 2.45. The lowest BCUT2D eigenvalue weighted by Gasteiger charge is -2.12. The molecule has 0 spiro atoms. The van der Waals surface area contributed by atoms with Crippen LogP contribution in [0.15, 0.2) is 24.3 Å². The topological polar surface area (TPSA) is 47.9 Å². The van der Waals surface area contributed by atoms with Crippen LogP contribution in [-0.2, 0) is 0 Å². The third kappa shape index (κ3) is 2.04. The molecule has 2 rings (SSSR count). The second-order valence-electron chi connectivity index (χ2n) is 3.52. The molecule has 3 nitrogen and oxygen atoms in total. The summed E-state index contributed by atoms with van der Waals surface area (Å²) in [5, 5.41) is 15.4. The highest BCUT2D eigenvalue weighted by Gasteiger charge is 2.13. The summed E-state index contributed by atoms with van der Waals surface area (Å²) in [6, 6.07) is 10.2. The Morgan fingerprint density at radius 1 is 1.36 bits per heavy atom. The largest absolute Gasteiger partial charge is 0.381 e. The van der Waals surface area contributed by atoms with Gasteiger partial charge in [0.2, 0.25) is 0 Å². The van der Waals surface area contributed by atoms with Crippen LogP contribution < -0.4 is 10.6 Å². The Hall–Kier alpha value is -1.53. The normalized spacial score (nSPS) is 20.4. The van der Waals surface area contributed by atoms with Gasteiger partial charge in [-0.05, 0) is 37.2 Å². The summed E-state index contributed by atoms with van der Waals surface area (Å²) in [5.74, 6) is 0. The van der Waals surface area contributed by atoms with Crippen LogP contribution >= 0.6 is 0 Å². The van der Waals surface area contributed by atoms with E-state index in [9.17, 15) is 0 Å². The SMILES string of the molecule is N#Cc1ccc(N[C@@H]2CCNC2)cc1. The van der Waals surface area contributed by atoms with E-state index in [1.165, 1.54) is 6.42 Å². The van der Waals surface area contributed by atoms with Gasteiger partial charge in [0.15, 0.2) is 0 Å². The first kappa shape index (κ1) is 9.04. The maximum Gasteiger partial charge on any atom is 0.0991 e. The van der Waals surface area contributed by atoms with Gasteiger partial charge in [-0.25, -0.2) is 0 Å². The summed E-state index contributed by atoms with van der Waals surface area (Å²) >= 11 is 0. The van der Waals surface area contributed by atoms with Crippen LogP contribution in [0.5, 0.6) is 0 Å². The van der Waals surface area contributed by atoms with Gasteiger partial charge in [-0.1, -0.05) is 0 Å². The van der Waals surface area contributed by atoms with Crippen LogP contribution in [0.25, 0.3) is 0 Å². The second-order valence-corrected chi connectivity index (χ2v) is 3.52. The molecule has 1 aliphatic rings. The van der Waals surface area contributed by atoms with E-state index < -0.39 is 0 Å². The molecule has 2 N–H and O–H groups in total. The molecule has 1 aliphatic heterocycles. The van der Waals surface area contributed by atoms with E-state index in [-0.39, 0.29) is 0 Å². The molecule has 1 heterocycles. The zero-order chi connectivity index (χ0) is 9.80. The molecule has 1 aromatic carbocycles. The number of hydrogen-bond donors (Lipinski definition) is 2. The summed E-state index contributed by atoms with van der Waals surface area (Å²) in [7, 11) is 0. The van der Waals surface area contributed by atoms with Crippen molar-refractivity contribution in [3.05, 3.63) is 29.8 Å². The van der Waals surface area contributed by atoms with Crippen molar-refractivity contribution in [2.24, 2.45) is 0 Å². The van der Waals surface area contributed by atoms with Gasteiger partial charge >= 0.3 is 0 Å². The van der Waals surface area contributed by atoms with Crippen molar-refractivity contribution in [3.8, 4) is 6.07 Å². The fourth-order valence-electron chi connectivity index (χ4n) is 1.65. The first-order valence-corrected chi connectivity index (χ1v) is 4.86. The van der Waals surface area contributed by atoms with Crippen LogP contribution in [0.4, 0.5) is 5.69 Å². The van der Waals surface area contributed by atoms with Crippen LogP contribution in [-0.4, -0.2) is 19.1 Å². The lowest BCUT2D eigenvalue weighted by atomic mass is 10.2. The van der Waals surface area contributed by atoms with E-state index in [2.05, 4.69) is 16.7 Å². The maximum atomic E-state index is 8.63. The lowest BCUT2D eigenvalue weighted by molar-refractivity contribution is 0.793. The van der Waals surface area contributed by atoms with Crippen LogP contribution in [0.3, 0.4) is 0 Å². The van der Waals surface area contributed by atoms with Crippen LogP contribution in [0.2, 0.25) is 0 Å². The molecule has 72 valence electrons. The number of nitrogens with one attached hydrogen (secondary N) is 2. The minimum absolute atomic E-state index is 0.530. The zero-order valence-corrected chi connectivity index (χ0v) is 7.96. The third-order valence-corrected chi connectivity index (χ3v) is 2.45. The first-order chi connectivity index (χ1) is 6.88. The average Bonchev–Trinajstić information content (AvgIpc) is 2.72. The standard InChI is InChI=1S/C11H13N3/c12-7-9-1-3-10(4-2-9)14-11-5-6-13-8-11/h1-4,11,13-14H,5-6,8H2/t11-/m1/s1. The fourth-order valence-corrected chi connectivity index (χ4v) is 1.65. The highest BCUT2D eigenvalue weighted by Crippen LogP contribution is 2.12. The predicted octanol–water partition coefficient (Wildman–Crippen LogP) is 1.33. The van der Waals surface area contributed by atoms with Gasteiger partial charge in [0.25, 0.3) is 0 Å². The smallest absolute Gasteiger partial charge is 0.0991 e. The number of benzene rings is 1. The Kier molecular flexibility index (Phi) is 2.66. The highest BCUT2D eigenvalue weighted by atomic mass is 15.0. The van der Waals surface area contributed by atoms with Crippen LogP contribution in [0.1, 0.15) is 12.0 Å². The molecule has 0 unspecified atom stereocenters. The van der Waals surface area contributed by atoms with Gasteiger partial charge in [0.05, 0.1) is 11.6 Å². The molecule has 1 fully saturated rings. The van der Waals surface area contributed by atoms with Gasteiger partial charge in [0, 0.05) is 18.3 Å². The van der Waals surface area contributed by atoms with Gasteiger partial charge in [-0.3, -0.25) is 0 Å². The molecule has 0 bridgehead atoms. The van der Waals surface area contributed by atoms with Crippen molar-refractivity contribution in [3.63, 3.8) is 0 Å². The van der Waals surface area contributed by atoms with E-state index in [0.29, 0.717) is 11.6 Å². The molecule has 0 saturated carbocycles. The van der Waals surface area contributed by atoms with E-state index in [1.807, 2.05) is 24.3 Å². The number of rotatable bonds is 2. The summed E-state index contributed by atoms with van der Waals surface area (Å²) in [5.41, 5.74) is 1.80.